The lowest BCUT2D eigenvalue weighted by Gasteiger charge is -2.13. The third-order valence-electron chi connectivity index (χ3n) is 2.94. The van der Waals surface area contributed by atoms with Gasteiger partial charge in [-0.3, -0.25) is 0 Å². The smallest absolute Gasteiger partial charge is 0.128 e. The maximum atomic E-state index is 13.9. The van der Waals surface area contributed by atoms with Crippen LogP contribution in [0, 0.1) is 18.6 Å². The van der Waals surface area contributed by atoms with E-state index < -0.39 is 0 Å². The zero-order valence-corrected chi connectivity index (χ0v) is 12.5. The molecule has 0 saturated carbocycles. The Morgan fingerprint density at radius 3 is 2.67 bits per heavy atom. The van der Waals surface area contributed by atoms with E-state index in [0.717, 1.165) is 11.3 Å². The van der Waals surface area contributed by atoms with Crippen molar-refractivity contribution in [1.82, 2.24) is 0 Å². The van der Waals surface area contributed by atoms with Crippen molar-refractivity contribution in [2.45, 2.75) is 25.1 Å². The molecule has 1 aromatic heterocycles. The van der Waals surface area contributed by atoms with Gasteiger partial charge in [-0.1, -0.05) is 22.9 Å². The number of aryl methyl sites for hydroxylation is 2. The van der Waals surface area contributed by atoms with Crippen LogP contribution < -0.4 is 0 Å². The normalized spacial score (nSPS) is 12.7. The third-order valence-corrected chi connectivity index (χ3v) is 5.22. The van der Waals surface area contributed by atoms with Crippen LogP contribution in [0.3, 0.4) is 0 Å². The number of rotatable bonds is 3. The zero-order valence-electron chi connectivity index (χ0n) is 10.1. The van der Waals surface area contributed by atoms with Gasteiger partial charge in [0.05, 0.1) is 4.83 Å². The highest BCUT2D eigenvalue weighted by Gasteiger charge is 2.20. The molecule has 1 heterocycles. The fourth-order valence-electron chi connectivity index (χ4n) is 1.86. The van der Waals surface area contributed by atoms with Crippen LogP contribution in [-0.2, 0) is 6.42 Å². The quantitative estimate of drug-likeness (QED) is 0.662. The Bertz CT molecular complexity index is 563. The summed E-state index contributed by atoms with van der Waals surface area (Å²) < 4.78 is 27.5. The molecule has 96 valence electrons. The Morgan fingerprint density at radius 1 is 1.28 bits per heavy atom. The molecule has 2 rings (SSSR count). The molecule has 1 aromatic carbocycles. The summed E-state index contributed by atoms with van der Waals surface area (Å²) in [5.74, 6) is -0.739. The molecule has 2 aromatic rings. The van der Waals surface area contributed by atoms with E-state index in [1.165, 1.54) is 17.7 Å². The van der Waals surface area contributed by atoms with Crippen LogP contribution in [0.15, 0.2) is 23.6 Å². The van der Waals surface area contributed by atoms with Crippen LogP contribution >= 0.6 is 27.3 Å². The molecule has 0 spiro atoms. The van der Waals surface area contributed by atoms with Gasteiger partial charge in [-0.2, -0.15) is 0 Å². The molecule has 0 aliphatic carbocycles. The number of hydrogen-bond donors (Lipinski definition) is 0. The van der Waals surface area contributed by atoms with Gasteiger partial charge in [0.1, 0.15) is 11.6 Å². The van der Waals surface area contributed by atoms with Gasteiger partial charge in [0, 0.05) is 10.4 Å². The van der Waals surface area contributed by atoms with Gasteiger partial charge >= 0.3 is 0 Å². The molecule has 0 aliphatic heterocycles. The van der Waals surface area contributed by atoms with Crippen molar-refractivity contribution in [2.24, 2.45) is 0 Å². The second kappa shape index (κ2) is 5.49. The van der Waals surface area contributed by atoms with Crippen LogP contribution in [0.4, 0.5) is 8.78 Å². The summed E-state index contributed by atoms with van der Waals surface area (Å²) in [5, 5.41) is 1.98. The molecule has 1 atom stereocenters. The predicted molar refractivity (Wildman–Crippen MR) is 75.6 cm³/mol. The molecule has 0 N–H and O–H groups in total. The monoisotopic (exact) mass is 330 g/mol. The second-order valence-corrected chi connectivity index (χ2v) is 6.01. The van der Waals surface area contributed by atoms with Crippen LogP contribution in [-0.4, -0.2) is 0 Å². The van der Waals surface area contributed by atoms with Gasteiger partial charge in [-0.15, -0.1) is 11.3 Å². The Balaban J connectivity index is 2.46. The molecular formula is C14H13BrF2S. The summed E-state index contributed by atoms with van der Waals surface area (Å²) in [4.78, 5) is 0.752. The molecular weight excluding hydrogens is 318 g/mol. The standard InChI is InChI=1S/C14H13BrF2S/c1-3-9-4-5-18-14(9)13(15)10-7-11(16)8(2)6-12(10)17/h4-7,13H,3H2,1-2H3. The van der Waals surface area contributed by atoms with E-state index in [9.17, 15) is 8.78 Å². The van der Waals surface area contributed by atoms with E-state index >= 15 is 0 Å². The first kappa shape index (κ1) is 13.7. The third kappa shape index (κ3) is 2.50. The summed E-state index contributed by atoms with van der Waals surface area (Å²) in [6, 6.07) is 4.55. The first-order chi connectivity index (χ1) is 8.54. The fourth-order valence-corrected chi connectivity index (χ4v) is 3.82. The number of alkyl halides is 1. The summed E-state index contributed by atoms with van der Waals surface area (Å²) in [6.45, 7) is 3.62. The zero-order chi connectivity index (χ0) is 13.3. The van der Waals surface area contributed by atoms with Gasteiger partial charge in [0.2, 0.25) is 0 Å². The van der Waals surface area contributed by atoms with Gasteiger partial charge in [-0.05, 0) is 48.1 Å². The summed E-state index contributed by atoms with van der Waals surface area (Å²) >= 11 is 5.04. The average molecular weight is 331 g/mol. The Morgan fingerprint density at radius 2 is 2.00 bits per heavy atom. The molecule has 0 saturated heterocycles. The van der Waals surface area contributed by atoms with Crippen molar-refractivity contribution in [3.8, 4) is 0 Å². The highest BCUT2D eigenvalue weighted by atomic mass is 79.9. The SMILES string of the molecule is CCc1ccsc1C(Br)c1cc(F)c(C)cc1F. The largest absolute Gasteiger partial charge is 0.207 e. The van der Waals surface area contributed by atoms with E-state index in [2.05, 4.69) is 22.9 Å². The lowest BCUT2D eigenvalue weighted by Crippen LogP contribution is -1.99. The molecule has 0 amide bonds. The second-order valence-electron chi connectivity index (χ2n) is 4.15. The van der Waals surface area contributed by atoms with E-state index in [4.69, 9.17) is 0 Å². The van der Waals surface area contributed by atoms with Gasteiger partial charge in [0.25, 0.3) is 0 Å². The van der Waals surface area contributed by atoms with Crippen LogP contribution in [0.5, 0.6) is 0 Å². The van der Waals surface area contributed by atoms with Crippen LogP contribution in [0.1, 0.15) is 33.3 Å². The minimum absolute atomic E-state index is 0.289. The van der Waals surface area contributed by atoms with Crippen molar-refractivity contribution >= 4 is 27.3 Å². The molecule has 0 nitrogen and oxygen atoms in total. The highest BCUT2D eigenvalue weighted by Crippen LogP contribution is 2.38. The summed E-state index contributed by atoms with van der Waals surface area (Å²) in [7, 11) is 0. The van der Waals surface area contributed by atoms with E-state index in [0.29, 0.717) is 11.1 Å². The number of halogens is 3. The van der Waals surface area contributed by atoms with Crippen molar-refractivity contribution in [1.29, 1.82) is 0 Å². The van der Waals surface area contributed by atoms with E-state index in [1.807, 2.05) is 11.4 Å². The Kier molecular flexibility index (Phi) is 4.17. The molecule has 4 heteroatoms. The molecule has 0 fully saturated rings. The van der Waals surface area contributed by atoms with E-state index in [1.54, 1.807) is 18.3 Å². The first-order valence-electron chi connectivity index (χ1n) is 5.70. The molecule has 1 unspecified atom stereocenters. The highest BCUT2D eigenvalue weighted by molar-refractivity contribution is 9.09. The molecule has 18 heavy (non-hydrogen) atoms. The molecule has 0 bridgehead atoms. The van der Waals surface area contributed by atoms with Crippen molar-refractivity contribution in [3.63, 3.8) is 0 Å². The lowest BCUT2D eigenvalue weighted by atomic mass is 10.0. The summed E-state index contributed by atoms with van der Waals surface area (Å²) in [5.41, 5.74) is 1.86. The minimum atomic E-state index is -0.370. The van der Waals surface area contributed by atoms with Gasteiger partial charge in [0.15, 0.2) is 0 Å². The number of hydrogen-bond acceptors (Lipinski definition) is 1. The lowest BCUT2D eigenvalue weighted by molar-refractivity contribution is 0.581. The van der Waals surface area contributed by atoms with Crippen LogP contribution in [0.25, 0.3) is 0 Å². The molecule has 0 aliphatic rings. The maximum Gasteiger partial charge on any atom is 0.128 e. The Labute approximate surface area is 118 Å². The van der Waals surface area contributed by atoms with Gasteiger partial charge < -0.3 is 0 Å². The molecule has 0 radical (unpaired) electrons. The van der Waals surface area contributed by atoms with Crippen molar-refractivity contribution in [2.75, 3.05) is 0 Å². The van der Waals surface area contributed by atoms with Crippen molar-refractivity contribution < 1.29 is 8.78 Å². The first-order valence-corrected chi connectivity index (χ1v) is 7.50. The predicted octanol–water partition coefficient (Wildman–Crippen LogP) is 5.38. The Hall–Kier alpha value is -0.740. The minimum Gasteiger partial charge on any atom is -0.207 e. The number of thiophene rings is 1. The average Bonchev–Trinajstić information content (AvgIpc) is 2.81. The van der Waals surface area contributed by atoms with E-state index in [-0.39, 0.29) is 16.5 Å². The van der Waals surface area contributed by atoms with Crippen molar-refractivity contribution in [3.05, 3.63) is 56.8 Å². The fraction of sp³-hybridized carbons (Fsp3) is 0.286. The topological polar surface area (TPSA) is 0 Å². The maximum absolute atomic E-state index is 13.9. The number of benzene rings is 1. The van der Waals surface area contributed by atoms with Gasteiger partial charge in [-0.25, -0.2) is 8.78 Å². The van der Waals surface area contributed by atoms with Crippen LogP contribution in [0.2, 0.25) is 0 Å². The summed E-state index contributed by atoms with van der Waals surface area (Å²) in [6.07, 6.45) is 0.886.